The quantitative estimate of drug-likeness (QED) is 0.234. The molecule has 13 heteroatoms. The smallest absolute Gasteiger partial charge is 0.319 e. The van der Waals surface area contributed by atoms with Gasteiger partial charge < -0.3 is 24.7 Å². The summed E-state index contributed by atoms with van der Waals surface area (Å²) in [4.78, 5) is 41.3. The zero-order valence-corrected chi connectivity index (χ0v) is 27.7. The van der Waals surface area contributed by atoms with Crippen LogP contribution in [0.3, 0.4) is 0 Å². The molecule has 0 radical (unpaired) electrons. The maximum absolute atomic E-state index is 14.2. The van der Waals surface area contributed by atoms with E-state index in [2.05, 4.69) is 36.2 Å². The van der Waals surface area contributed by atoms with Crippen molar-refractivity contribution in [2.24, 2.45) is 4.99 Å². The number of allylic oxidation sites excluding steroid dienone is 2. The van der Waals surface area contributed by atoms with Gasteiger partial charge in [0.1, 0.15) is 18.2 Å². The van der Waals surface area contributed by atoms with Gasteiger partial charge in [0.25, 0.3) is 5.91 Å². The molecule has 2 N–H and O–H groups in total. The van der Waals surface area contributed by atoms with Crippen LogP contribution in [0.25, 0.3) is 16.6 Å². The molecule has 3 aliphatic heterocycles. The predicted molar refractivity (Wildman–Crippen MR) is 186 cm³/mol. The first kappa shape index (κ1) is 32.1. The topological polar surface area (TPSA) is 123 Å². The van der Waals surface area contributed by atoms with Gasteiger partial charge in [-0.25, -0.2) is 24.1 Å². The fourth-order valence-corrected chi connectivity index (χ4v) is 6.57. The normalized spacial score (nSPS) is 20.9. The molecule has 1 unspecified atom stereocenters. The van der Waals surface area contributed by atoms with Crippen molar-refractivity contribution in [3.05, 3.63) is 118 Å². The number of aromatic nitrogens is 3. The molecule has 2 aromatic carbocycles. The Labute approximate surface area is 292 Å². The van der Waals surface area contributed by atoms with Crippen LogP contribution in [0.2, 0.25) is 5.02 Å². The van der Waals surface area contributed by atoms with Crippen LogP contribution in [0, 0.1) is 5.82 Å². The number of halogens is 2. The molecule has 4 aliphatic rings. The van der Waals surface area contributed by atoms with Crippen molar-refractivity contribution < 1.29 is 23.5 Å². The Kier molecular flexibility index (Phi) is 8.73. The largest absolute Gasteiger partial charge is 0.473 e. The maximum Gasteiger partial charge on any atom is 0.319 e. The molecular weight excluding hydrogens is 661 g/mol. The number of aliphatic imine (C=N–C) groups is 1. The minimum Gasteiger partial charge on any atom is -0.473 e. The highest BCUT2D eigenvalue weighted by molar-refractivity contribution is 6.30. The number of hydrogen-bond acceptors (Lipinski definition) is 7. The van der Waals surface area contributed by atoms with E-state index in [4.69, 9.17) is 26.1 Å². The van der Waals surface area contributed by atoms with Gasteiger partial charge >= 0.3 is 6.03 Å². The zero-order chi connectivity index (χ0) is 34.2. The van der Waals surface area contributed by atoms with Gasteiger partial charge in [0.05, 0.1) is 47.7 Å². The Bertz CT molecular complexity index is 2140. The van der Waals surface area contributed by atoms with Crippen molar-refractivity contribution in [3.63, 3.8) is 0 Å². The van der Waals surface area contributed by atoms with Gasteiger partial charge in [-0.15, -0.1) is 0 Å². The van der Waals surface area contributed by atoms with Crippen molar-refractivity contribution in [2.75, 3.05) is 19.7 Å². The molecule has 5 heterocycles. The van der Waals surface area contributed by atoms with Crippen LogP contribution in [-0.4, -0.2) is 68.9 Å². The van der Waals surface area contributed by atoms with Crippen LogP contribution in [-0.2, 0) is 24.4 Å². The van der Waals surface area contributed by atoms with E-state index < -0.39 is 5.82 Å². The summed E-state index contributed by atoms with van der Waals surface area (Å²) >= 11 is 5.87. The fraction of sp³-hybridized carbons (Fsp3) is 0.270. The summed E-state index contributed by atoms with van der Waals surface area (Å²) in [6.07, 6.45) is 9.28. The van der Waals surface area contributed by atoms with E-state index in [-0.39, 0.29) is 30.7 Å². The van der Waals surface area contributed by atoms with Crippen molar-refractivity contribution in [3.8, 4) is 5.88 Å². The number of fused-ring (bicyclic) bond motifs is 2. The number of nitrogens with zero attached hydrogens (tertiary/aromatic N) is 5. The molecule has 1 aliphatic carbocycles. The highest BCUT2D eigenvalue weighted by Crippen LogP contribution is 2.27. The Morgan fingerprint density at radius 2 is 2.06 bits per heavy atom. The van der Waals surface area contributed by atoms with Crippen molar-refractivity contribution in [2.45, 2.75) is 44.7 Å². The Morgan fingerprint density at radius 1 is 1.16 bits per heavy atom. The predicted octanol–water partition coefficient (Wildman–Crippen LogP) is 5.60. The number of carbonyl (C=O) groups is 2. The second-order valence-corrected chi connectivity index (χ2v) is 13.0. The molecule has 0 spiro atoms. The minimum absolute atomic E-state index is 0.0534. The van der Waals surface area contributed by atoms with E-state index >= 15 is 0 Å². The molecule has 2 aromatic heterocycles. The number of urea groups is 1. The van der Waals surface area contributed by atoms with Gasteiger partial charge in [-0.3, -0.25) is 9.69 Å². The number of amides is 3. The third-order valence-corrected chi connectivity index (χ3v) is 9.46. The molecule has 0 bridgehead atoms. The summed E-state index contributed by atoms with van der Waals surface area (Å²) in [5.41, 5.74) is 5.63. The summed E-state index contributed by atoms with van der Waals surface area (Å²) in [5.74, 6) is 0.547. The summed E-state index contributed by atoms with van der Waals surface area (Å²) in [6.45, 7) is 3.58. The van der Waals surface area contributed by atoms with Crippen LogP contribution in [0.5, 0.6) is 5.88 Å². The van der Waals surface area contributed by atoms with Gasteiger partial charge in [-0.05, 0) is 67.0 Å². The van der Waals surface area contributed by atoms with E-state index in [1.807, 2.05) is 24.3 Å². The monoisotopic (exact) mass is 693 g/mol. The van der Waals surface area contributed by atoms with Crippen molar-refractivity contribution in [1.29, 1.82) is 0 Å². The molecule has 50 heavy (non-hydrogen) atoms. The Morgan fingerprint density at radius 3 is 2.86 bits per heavy atom. The summed E-state index contributed by atoms with van der Waals surface area (Å²) in [7, 11) is 0. The molecule has 0 saturated carbocycles. The number of hydrogen-bond donors (Lipinski definition) is 2. The molecule has 3 amide bonds. The number of nitrogens with one attached hydrogen (secondary N) is 2. The number of carbonyl (C=O) groups excluding carboxylic acids is 2. The molecular formula is C37H33ClFN7O4. The average Bonchev–Trinajstić information content (AvgIpc) is 3.64. The third kappa shape index (κ3) is 6.82. The highest BCUT2D eigenvalue weighted by Gasteiger charge is 2.27. The van der Waals surface area contributed by atoms with Crippen LogP contribution >= 0.6 is 11.6 Å². The molecule has 2 saturated heterocycles. The lowest BCUT2D eigenvalue weighted by Crippen LogP contribution is -2.33. The molecule has 2 atom stereocenters. The first-order valence-electron chi connectivity index (χ1n) is 16.5. The van der Waals surface area contributed by atoms with Gasteiger partial charge in [0.2, 0.25) is 5.88 Å². The minimum atomic E-state index is -0.412. The fourth-order valence-electron chi connectivity index (χ4n) is 6.41. The highest BCUT2D eigenvalue weighted by atomic mass is 35.5. The summed E-state index contributed by atoms with van der Waals surface area (Å²) < 4.78 is 28.0. The summed E-state index contributed by atoms with van der Waals surface area (Å²) in [6, 6.07) is 15.1. The van der Waals surface area contributed by atoms with E-state index in [1.54, 1.807) is 42.5 Å². The van der Waals surface area contributed by atoms with Crippen molar-refractivity contribution >= 4 is 45.9 Å². The SMILES string of the molecule is O=C1NC2=CC(=NC(=O)c3ccc4nc(CN5CC=C(c6cccc(OCc7ccc(Cl)cc7F)n6)CC5)n(C[C@@H]5CCO5)c4c3)C=CC2N1. The number of pyridine rings is 1. The van der Waals surface area contributed by atoms with E-state index in [0.717, 1.165) is 54.1 Å². The lowest BCUT2D eigenvalue weighted by molar-refractivity contribution is -0.0591. The number of ether oxygens (including phenoxy) is 2. The lowest BCUT2D eigenvalue weighted by atomic mass is 10.0. The molecule has 2 fully saturated rings. The maximum atomic E-state index is 14.2. The molecule has 4 aromatic rings. The van der Waals surface area contributed by atoms with Gasteiger partial charge in [-0.2, -0.15) is 0 Å². The van der Waals surface area contributed by atoms with E-state index in [0.29, 0.717) is 53.1 Å². The first-order chi connectivity index (χ1) is 24.3. The van der Waals surface area contributed by atoms with E-state index in [9.17, 15) is 14.0 Å². The Hall–Kier alpha value is -5.17. The zero-order valence-electron chi connectivity index (χ0n) is 26.9. The standard InChI is InChI=1S/C37H33ClFN7O4/c38-25-6-4-24(28(39)17-25)21-50-35-3-1-2-29(42-35)22-10-13-45(14-11-22)20-34-41-31-8-5-23(16-33(31)46(34)19-27-12-15-49-27)36(47)40-26-7-9-30-32(18-26)44-37(48)43-30/h1-10,16-18,27,30H,11-15,19-21H2,(H2,43,44,48)/t27-,30?/m0/s1. The third-order valence-electron chi connectivity index (χ3n) is 9.23. The first-order valence-corrected chi connectivity index (χ1v) is 16.9. The molecule has 8 rings (SSSR count). The van der Waals surface area contributed by atoms with Crippen LogP contribution < -0.4 is 15.4 Å². The van der Waals surface area contributed by atoms with Gasteiger partial charge in [-0.1, -0.05) is 35.9 Å². The van der Waals surface area contributed by atoms with E-state index in [1.165, 1.54) is 6.07 Å². The van der Waals surface area contributed by atoms with Crippen LogP contribution in [0.1, 0.15) is 40.3 Å². The molecule has 254 valence electrons. The van der Waals surface area contributed by atoms with Crippen LogP contribution in [0.4, 0.5) is 9.18 Å². The molecule has 11 nitrogen and oxygen atoms in total. The van der Waals surface area contributed by atoms with Gasteiger partial charge in [0, 0.05) is 47.6 Å². The number of rotatable bonds is 9. The summed E-state index contributed by atoms with van der Waals surface area (Å²) in [5, 5.41) is 5.85. The number of imidazole rings is 1. The number of benzene rings is 2. The van der Waals surface area contributed by atoms with Crippen LogP contribution in [0.15, 0.2) is 89.6 Å². The van der Waals surface area contributed by atoms with Crippen molar-refractivity contribution in [1.82, 2.24) is 30.1 Å². The lowest BCUT2D eigenvalue weighted by Gasteiger charge is -2.29. The second-order valence-electron chi connectivity index (χ2n) is 12.6. The van der Waals surface area contributed by atoms with Gasteiger partial charge in [0.15, 0.2) is 0 Å². The Balaban J connectivity index is 0.970. The second kappa shape index (κ2) is 13.6. The average molecular weight is 694 g/mol.